The van der Waals surface area contributed by atoms with Gasteiger partial charge in [-0.15, -0.1) is 10.1 Å². The molecule has 3 heterocycles. The molecule has 1 unspecified atom stereocenters. The lowest BCUT2D eigenvalue weighted by Gasteiger charge is -2.32. The van der Waals surface area contributed by atoms with Crippen LogP contribution in [0.1, 0.15) is 12.8 Å². The minimum absolute atomic E-state index is 0.0113. The molecule has 2 aliphatic rings. The zero-order valence-electron chi connectivity index (χ0n) is 14.5. The van der Waals surface area contributed by atoms with Gasteiger partial charge in [0.2, 0.25) is 11.8 Å². The lowest BCUT2D eigenvalue weighted by molar-refractivity contribution is -0.110. The van der Waals surface area contributed by atoms with Gasteiger partial charge in [0.25, 0.3) is 0 Å². The van der Waals surface area contributed by atoms with Crippen molar-refractivity contribution in [3.63, 3.8) is 0 Å². The zero-order valence-corrected chi connectivity index (χ0v) is 14.5. The predicted octanol–water partition coefficient (Wildman–Crippen LogP) is 3.44. The van der Waals surface area contributed by atoms with E-state index in [9.17, 15) is 17.6 Å². The summed E-state index contributed by atoms with van der Waals surface area (Å²) in [6.45, 7) is 8.55. The summed E-state index contributed by atoms with van der Waals surface area (Å²) in [4.78, 5) is 7.81. The van der Waals surface area contributed by atoms with Crippen LogP contribution in [0.25, 0.3) is 10.6 Å². The highest BCUT2D eigenvalue weighted by molar-refractivity contribution is 5.56. The van der Waals surface area contributed by atoms with E-state index in [2.05, 4.69) is 20.4 Å². The Hall–Kier alpha value is -3.03. The highest BCUT2D eigenvalue weighted by atomic mass is 19.4. The molecule has 1 aliphatic carbocycles. The van der Waals surface area contributed by atoms with Crippen LogP contribution >= 0.6 is 0 Å². The van der Waals surface area contributed by atoms with Gasteiger partial charge in [-0.2, -0.15) is 34.1 Å². The first-order valence-corrected chi connectivity index (χ1v) is 8.69. The number of anilines is 1. The second-order valence-electron chi connectivity index (χ2n) is 6.90. The Morgan fingerprint density at radius 1 is 1.32 bits per heavy atom. The van der Waals surface area contributed by atoms with Crippen molar-refractivity contribution in [3.8, 4) is 5.75 Å². The standard InChI is InChI=1S/C17H16F4N6O/c1-22-26-7-10-4-5-11(8-26)14(10)23-16-24-15-12(3-2-6-27(15)25-16)28-9-13(18)17(19,20)21/h2-3,6,9-11,14H,4-5,7-8H2,(H,23,25)/b13-9-/t10-,11+,14?. The van der Waals surface area contributed by atoms with Crippen LogP contribution in [-0.2, 0) is 0 Å². The Morgan fingerprint density at radius 3 is 2.68 bits per heavy atom. The van der Waals surface area contributed by atoms with E-state index in [1.807, 2.05) is 0 Å². The van der Waals surface area contributed by atoms with Gasteiger partial charge in [0.15, 0.2) is 11.4 Å². The molecule has 0 aromatic carbocycles. The van der Waals surface area contributed by atoms with Gasteiger partial charge in [0, 0.05) is 24.1 Å². The molecule has 3 atom stereocenters. The Morgan fingerprint density at radius 2 is 2.04 bits per heavy atom. The predicted molar refractivity (Wildman–Crippen MR) is 90.7 cm³/mol. The van der Waals surface area contributed by atoms with E-state index < -0.39 is 12.0 Å². The molecule has 1 aliphatic heterocycles. The third-order valence-corrected chi connectivity index (χ3v) is 5.14. The van der Waals surface area contributed by atoms with Gasteiger partial charge in [-0.3, -0.25) is 0 Å². The minimum Gasteiger partial charge on any atom is -0.458 e. The molecule has 1 saturated carbocycles. The highest BCUT2D eigenvalue weighted by Crippen LogP contribution is 2.38. The summed E-state index contributed by atoms with van der Waals surface area (Å²) in [5, 5.41) is 9.32. The monoisotopic (exact) mass is 396 g/mol. The first kappa shape index (κ1) is 18.3. The maximum Gasteiger partial charge on any atom is 0.446 e. The molecule has 2 fully saturated rings. The van der Waals surface area contributed by atoms with Crippen LogP contribution in [0.15, 0.2) is 30.4 Å². The van der Waals surface area contributed by atoms with Gasteiger partial charge in [-0.05, 0) is 25.0 Å². The van der Waals surface area contributed by atoms with E-state index in [0.717, 1.165) is 12.8 Å². The molecular formula is C17H16F4N6O. The molecule has 2 aromatic heterocycles. The number of hydrogen-bond donors (Lipinski definition) is 1. The molecule has 7 nitrogen and oxygen atoms in total. The minimum atomic E-state index is -5.11. The molecule has 28 heavy (non-hydrogen) atoms. The summed E-state index contributed by atoms with van der Waals surface area (Å²) in [6.07, 6.45) is -1.50. The number of pyridine rings is 1. The SMILES string of the molecule is [C-]#[N+]N1C[C@H]2CC[C@@H](C1)C2Nc1nc2c(O/C=C(\F)C(F)(F)F)cccn2n1. The van der Waals surface area contributed by atoms with Crippen molar-refractivity contribution >= 4 is 11.6 Å². The van der Waals surface area contributed by atoms with Crippen LogP contribution in [0.5, 0.6) is 5.75 Å². The number of fused-ring (bicyclic) bond motifs is 3. The van der Waals surface area contributed by atoms with Crippen molar-refractivity contribution in [2.45, 2.75) is 25.1 Å². The number of piperidine rings is 1. The van der Waals surface area contributed by atoms with E-state index in [1.165, 1.54) is 16.6 Å². The molecule has 2 aromatic rings. The lowest BCUT2D eigenvalue weighted by atomic mass is 9.93. The maximum atomic E-state index is 13.0. The topological polar surface area (TPSA) is 59.0 Å². The van der Waals surface area contributed by atoms with Gasteiger partial charge >= 0.3 is 6.18 Å². The number of nitrogens with one attached hydrogen (secondary N) is 1. The van der Waals surface area contributed by atoms with Crippen molar-refractivity contribution in [2.75, 3.05) is 18.4 Å². The molecule has 1 saturated heterocycles. The van der Waals surface area contributed by atoms with Gasteiger partial charge in [0.1, 0.15) is 6.26 Å². The largest absolute Gasteiger partial charge is 0.458 e. The Bertz CT molecular complexity index is 935. The Kier molecular flexibility index (Phi) is 4.49. The van der Waals surface area contributed by atoms with Crippen LogP contribution < -0.4 is 10.1 Å². The van der Waals surface area contributed by atoms with Crippen molar-refractivity contribution in [3.05, 3.63) is 41.9 Å². The number of hydrogen-bond acceptors (Lipinski definition) is 5. The fourth-order valence-electron chi connectivity index (χ4n) is 3.88. The summed E-state index contributed by atoms with van der Waals surface area (Å²) in [5.74, 6) is -1.46. The van der Waals surface area contributed by atoms with Crippen molar-refractivity contribution in [1.29, 1.82) is 0 Å². The van der Waals surface area contributed by atoms with Crippen LogP contribution in [-0.4, -0.2) is 44.9 Å². The Labute approximate surface area is 157 Å². The molecule has 148 valence electrons. The summed E-state index contributed by atoms with van der Waals surface area (Å²) >= 11 is 0. The average Bonchev–Trinajstić information content (AvgIpc) is 3.16. The average molecular weight is 396 g/mol. The second-order valence-corrected chi connectivity index (χ2v) is 6.90. The van der Waals surface area contributed by atoms with E-state index >= 15 is 0 Å². The number of nitrogens with zero attached hydrogens (tertiary/aromatic N) is 5. The quantitative estimate of drug-likeness (QED) is 0.488. The van der Waals surface area contributed by atoms with Crippen LogP contribution in [0, 0.1) is 18.4 Å². The fourth-order valence-corrected chi connectivity index (χ4v) is 3.88. The molecule has 0 amide bonds. The highest BCUT2D eigenvalue weighted by Gasteiger charge is 2.44. The van der Waals surface area contributed by atoms with Crippen molar-refractivity contribution in [1.82, 2.24) is 19.6 Å². The number of allylic oxidation sites excluding steroid dienone is 1. The number of aromatic nitrogens is 3. The maximum absolute atomic E-state index is 13.0. The first-order chi connectivity index (χ1) is 13.3. The third kappa shape index (κ3) is 3.42. The summed E-state index contributed by atoms with van der Waals surface area (Å²) in [6, 6.07) is 3.02. The molecular weight excluding hydrogens is 380 g/mol. The Balaban J connectivity index is 1.54. The number of ether oxygens (including phenoxy) is 1. The fraction of sp³-hybridized carbons (Fsp3) is 0.471. The number of rotatable bonds is 4. The lowest BCUT2D eigenvalue weighted by Crippen LogP contribution is -2.45. The van der Waals surface area contributed by atoms with Gasteiger partial charge in [-0.1, -0.05) is 0 Å². The third-order valence-electron chi connectivity index (χ3n) is 5.14. The zero-order chi connectivity index (χ0) is 19.9. The molecule has 11 heteroatoms. The number of alkyl halides is 3. The van der Waals surface area contributed by atoms with Crippen LogP contribution in [0.3, 0.4) is 0 Å². The van der Waals surface area contributed by atoms with Gasteiger partial charge in [0.05, 0.1) is 13.1 Å². The van der Waals surface area contributed by atoms with E-state index in [0.29, 0.717) is 30.9 Å². The van der Waals surface area contributed by atoms with Crippen molar-refractivity contribution in [2.24, 2.45) is 11.8 Å². The normalized spacial score (nSPS) is 25.0. The number of halogens is 4. The summed E-state index contributed by atoms with van der Waals surface area (Å²) in [5.41, 5.74) is 0.169. The van der Waals surface area contributed by atoms with Crippen LogP contribution in [0.2, 0.25) is 0 Å². The molecule has 2 bridgehead atoms. The van der Waals surface area contributed by atoms with E-state index in [1.54, 1.807) is 11.2 Å². The summed E-state index contributed by atoms with van der Waals surface area (Å²) < 4.78 is 56.0. The molecule has 1 N–H and O–H groups in total. The van der Waals surface area contributed by atoms with Gasteiger partial charge in [-0.25, -0.2) is 4.52 Å². The van der Waals surface area contributed by atoms with E-state index in [4.69, 9.17) is 11.3 Å². The van der Waals surface area contributed by atoms with Gasteiger partial charge < -0.3 is 10.1 Å². The van der Waals surface area contributed by atoms with Crippen molar-refractivity contribution < 1.29 is 22.3 Å². The summed E-state index contributed by atoms with van der Waals surface area (Å²) in [7, 11) is 0. The molecule has 4 rings (SSSR count). The molecule has 0 radical (unpaired) electrons. The van der Waals surface area contributed by atoms with Crippen LogP contribution in [0.4, 0.5) is 23.5 Å². The smallest absolute Gasteiger partial charge is 0.446 e. The second kappa shape index (κ2) is 6.85. The molecule has 0 spiro atoms. The van der Waals surface area contributed by atoms with E-state index in [-0.39, 0.29) is 23.7 Å². The first-order valence-electron chi connectivity index (χ1n) is 8.69.